The Morgan fingerprint density at radius 2 is 1.06 bits per heavy atom. The molecule has 0 aromatic heterocycles. The Kier molecular flexibility index (Phi) is 9.13. The molecule has 34 heavy (non-hydrogen) atoms. The average Bonchev–Trinajstić information content (AvgIpc) is 2.84. The van der Waals surface area contributed by atoms with Gasteiger partial charge in [0.2, 0.25) is 0 Å². The summed E-state index contributed by atoms with van der Waals surface area (Å²) >= 11 is 4.52. The Bertz CT molecular complexity index is 930. The maximum absolute atomic E-state index is 12.0. The predicted octanol–water partition coefficient (Wildman–Crippen LogP) is 7.51. The number of hydrogen-bond acceptors (Lipinski definition) is 2. The average molecular weight is 542 g/mol. The molecule has 182 valence electrons. The van der Waals surface area contributed by atoms with Crippen molar-refractivity contribution in [3.8, 4) is 0 Å². The van der Waals surface area contributed by atoms with Crippen LogP contribution < -0.4 is 15.9 Å². The van der Waals surface area contributed by atoms with Gasteiger partial charge < -0.3 is 0 Å². The molecule has 0 radical (unpaired) electrons. The number of rotatable bonds is 11. The van der Waals surface area contributed by atoms with E-state index in [2.05, 4.69) is 106 Å². The van der Waals surface area contributed by atoms with Crippen molar-refractivity contribution in [2.45, 2.75) is 64.9 Å². The van der Waals surface area contributed by atoms with Crippen LogP contribution in [0.15, 0.2) is 91.0 Å². The number of benzene rings is 3. The van der Waals surface area contributed by atoms with Gasteiger partial charge in [0.25, 0.3) is 0 Å². The van der Waals surface area contributed by atoms with Crippen molar-refractivity contribution in [2.24, 2.45) is 0 Å². The minimum atomic E-state index is -2.81. The van der Waals surface area contributed by atoms with E-state index in [9.17, 15) is 4.79 Å². The van der Waals surface area contributed by atoms with Crippen LogP contribution in [0.2, 0.25) is 0 Å². The summed E-state index contributed by atoms with van der Waals surface area (Å²) in [5.74, 6) is -0.0878. The van der Waals surface area contributed by atoms with E-state index in [1.165, 1.54) is 15.9 Å². The molecule has 0 aliphatic carbocycles. The number of ether oxygens (including phenoxy) is 1. The van der Waals surface area contributed by atoms with E-state index in [0.29, 0.717) is 6.42 Å². The van der Waals surface area contributed by atoms with Crippen LogP contribution >= 0.6 is 20.8 Å². The summed E-state index contributed by atoms with van der Waals surface area (Å²) in [5.41, 5.74) is -0.402. The van der Waals surface area contributed by atoms with Gasteiger partial charge in [-0.25, -0.2) is 0 Å². The molecule has 3 aromatic rings. The standard InChI is InChI=1S/C30H38BrO2P/c1-30(2,3)33-29(32)24-16-5-4-6-17-25-34(31,26-18-10-7-11-19-26,27-20-12-8-13-21-27)28-22-14-9-15-23-28/h7-15,18-23H,4-6,16-17,24-25H2,1-3H3. The maximum atomic E-state index is 12.0. The van der Waals surface area contributed by atoms with Crippen LogP contribution in [0.4, 0.5) is 0 Å². The molecule has 0 fully saturated rings. The van der Waals surface area contributed by atoms with Crippen LogP contribution in [0.3, 0.4) is 0 Å². The van der Waals surface area contributed by atoms with Gasteiger partial charge in [0.05, 0.1) is 0 Å². The van der Waals surface area contributed by atoms with E-state index in [4.69, 9.17) is 4.74 Å². The first-order chi connectivity index (χ1) is 16.2. The molecule has 0 saturated carbocycles. The van der Waals surface area contributed by atoms with Crippen molar-refractivity contribution in [1.82, 2.24) is 0 Å². The topological polar surface area (TPSA) is 26.3 Å². The number of hydrogen-bond donors (Lipinski definition) is 0. The third-order valence-corrected chi connectivity index (χ3v) is 16.3. The molecule has 2 nitrogen and oxygen atoms in total. The zero-order valence-electron chi connectivity index (χ0n) is 20.8. The summed E-state index contributed by atoms with van der Waals surface area (Å²) in [5, 5.41) is 1.30. The third kappa shape index (κ3) is 6.37. The van der Waals surface area contributed by atoms with Crippen LogP contribution in [0.1, 0.15) is 59.3 Å². The fourth-order valence-corrected chi connectivity index (χ4v) is 12.4. The summed E-state index contributed by atoms with van der Waals surface area (Å²) in [4.78, 5) is 12.0. The molecule has 3 rings (SSSR count). The van der Waals surface area contributed by atoms with Gasteiger partial charge in [-0.05, 0) is 0 Å². The number of carbonyl (C=O) groups is 1. The fraction of sp³-hybridized carbons (Fsp3) is 0.367. The Hall–Kier alpha value is -1.96. The molecular formula is C30H38BrO2P. The van der Waals surface area contributed by atoms with E-state index < -0.39 is 10.9 Å². The molecule has 0 saturated heterocycles. The Morgan fingerprint density at radius 1 is 0.676 bits per heavy atom. The molecule has 0 amide bonds. The molecular weight excluding hydrogens is 503 g/mol. The van der Waals surface area contributed by atoms with Crippen LogP contribution in [0, 0.1) is 0 Å². The van der Waals surface area contributed by atoms with Crippen LogP contribution in [0.5, 0.6) is 0 Å². The normalized spacial score (nSPS) is 13.1. The molecule has 0 N–H and O–H groups in total. The van der Waals surface area contributed by atoms with Gasteiger partial charge in [-0.3, -0.25) is 0 Å². The first-order valence-electron chi connectivity index (χ1n) is 12.4. The molecule has 0 aliphatic rings. The van der Waals surface area contributed by atoms with Crippen LogP contribution in [-0.4, -0.2) is 17.7 Å². The summed E-state index contributed by atoms with van der Waals surface area (Å²) in [6.07, 6.45) is 6.91. The van der Waals surface area contributed by atoms with E-state index in [-0.39, 0.29) is 5.97 Å². The molecule has 0 heterocycles. The van der Waals surface area contributed by atoms with E-state index in [1.54, 1.807) is 0 Å². The Balaban J connectivity index is 1.76. The van der Waals surface area contributed by atoms with Gasteiger partial charge in [-0.15, -0.1) is 0 Å². The monoisotopic (exact) mass is 540 g/mol. The van der Waals surface area contributed by atoms with Crippen molar-refractivity contribution in [3.63, 3.8) is 0 Å². The first kappa shape index (κ1) is 26.6. The molecule has 0 bridgehead atoms. The second kappa shape index (κ2) is 11.6. The minimum absolute atomic E-state index is 0.0878. The van der Waals surface area contributed by atoms with Gasteiger partial charge >= 0.3 is 214 Å². The van der Waals surface area contributed by atoms with Crippen molar-refractivity contribution in [3.05, 3.63) is 91.0 Å². The molecule has 0 atom stereocenters. The van der Waals surface area contributed by atoms with Gasteiger partial charge in [0.1, 0.15) is 0 Å². The fourth-order valence-electron chi connectivity index (χ4n) is 4.65. The van der Waals surface area contributed by atoms with Crippen molar-refractivity contribution in [1.29, 1.82) is 0 Å². The second-order valence-corrected chi connectivity index (χ2v) is 19.1. The van der Waals surface area contributed by atoms with Gasteiger partial charge in [0.15, 0.2) is 0 Å². The van der Waals surface area contributed by atoms with E-state index in [0.717, 1.165) is 38.3 Å². The molecule has 0 unspecified atom stereocenters. The van der Waals surface area contributed by atoms with Crippen molar-refractivity contribution < 1.29 is 9.53 Å². The summed E-state index contributed by atoms with van der Waals surface area (Å²) in [6, 6.07) is 32.9. The van der Waals surface area contributed by atoms with Crippen LogP contribution in [0.25, 0.3) is 0 Å². The number of unbranched alkanes of at least 4 members (excludes halogenated alkanes) is 4. The summed E-state index contributed by atoms with van der Waals surface area (Å²) in [6.45, 7) is 5.76. The number of esters is 1. The molecule has 0 spiro atoms. The zero-order chi connectivity index (χ0) is 24.5. The van der Waals surface area contributed by atoms with Gasteiger partial charge in [-0.2, -0.15) is 0 Å². The number of halogens is 1. The van der Waals surface area contributed by atoms with Gasteiger partial charge in [-0.1, -0.05) is 0 Å². The summed E-state index contributed by atoms with van der Waals surface area (Å²) in [7, 11) is 0. The van der Waals surface area contributed by atoms with Crippen LogP contribution in [-0.2, 0) is 9.53 Å². The molecule has 4 heteroatoms. The number of carbonyl (C=O) groups excluding carboxylic acids is 1. The van der Waals surface area contributed by atoms with E-state index in [1.807, 2.05) is 20.8 Å². The zero-order valence-corrected chi connectivity index (χ0v) is 23.2. The summed E-state index contributed by atoms with van der Waals surface area (Å²) < 4.78 is 5.43. The molecule has 0 aliphatic heterocycles. The Morgan fingerprint density at radius 3 is 1.47 bits per heavy atom. The van der Waals surface area contributed by atoms with E-state index >= 15 is 0 Å². The van der Waals surface area contributed by atoms with Gasteiger partial charge in [0, 0.05) is 0 Å². The predicted molar refractivity (Wildman–Crippen MR) is 152 cm³/mol. The quantitative estimate of drug-likeness (QED) is 0.143. The molecule has 3 aromatic carbocycles. The van der Waals surface area contributed by atoms with Crippen molar-refractivity contribution >= 4 is 42.7 Å². The third-order valence-electron chi connectivity index (χ3n) is 6.26. The first-order valence-corrected chi connectivity index (χ1v) is 16.8. The Labute approximate surface area is 213 Å². The van der Waals surface area contributed by atoms with Crippen molar-refractivity contribution in [2.75, 3.05) is 6.16 Å². The SMILES string of the molecule is CC(C)(C)OC(=O)CCCCCCCP(Br)(c1ccccc1)(c1ccccc1)c1ccccc1. The second-order valence-electron chi connectivity index (χ2n) is 10.0.